The molecule has 0 bridgehead atoms. The number of aryl methyl sites for hydroxylation is 1. The zero-order chi connectivity index (χ0) is 15.0. The molecule has 5 heteroatoms. The van der Waals surface area contributed by atoms with E-state index in [1.807, 2.05) is 49.4 Å². The molecule has 0 spiro atoms. The van der Waals surface area contributed by atoms with Gasteiger partial charge in [-0.2, -0.15) is 0 Å². The number of anilines is 1. The molecular weight excluding hydrogens is 352 g/mol. The zero-order valence-electron chi connectivity index (χ0n) is 11.2. The molecule has 1 heterocycles. The molecule has 2 N–H and O–H groups in total. The smallest absolute Gasteiger partial charge is 0.176 e. The van der Waals surface area contributed by atoms with E-state index in [-0.39, 0.29) is 0 Å². The lowest BCUT2D eigenvalue weighted by Crippen LogP contribution is -1.91. The summed E-state index contributed by atoms with van der Waals surface area (Å²) in [5, 5.41) is 4.52. The Morgan fingerprint density at radius 1 is 1.19 bits per heavy atom. The van der Waals surface area contributed by atoms with E-state index in [1.54, 1.807) is 0 Å². The molecule has 3 nitrogen and oxygen atoms in total. The van der Waals surface area contributed by atoms with E-state index in [4.69, 9.17) is 21.9 Å². The van der Waals surface area contributed by atoms with Crippen molar-refractivity contribution in [3.8, 4) is 22.5 Å². The summed E-state index contributed by atoms with van der Waals surface area (Å²) in [4.78, 5) is 0. The number of rotatable bonds is 2. The van der Waals surface area contributed by atoms with Gasteiger partial charge in [0.1, 0.15) is 0 Å². The summed E-state index contributed by atoms with van der Waals surface area (Å²) in [5.74, 6) is 0.995. The number of halogens is 2. The lowest BCUT2D eigenvalue weighted by molar-refractivity contribution is 0.436. The lowest BCUT2D eigenvalue weighted by atomic mass is 9.98. The van der Waals surface area contributed by atoms with Gasteiger partial charge in [-0.15, -0.1) is 0 Å². The topological polar surface area (TPSA) is 52.0 Å². The minimum atomic E-state index is 0.373. The highest BCUT2D eigenvalue weighted by atomic mass is 79.9. The van der Waals surface area contributed by atoms with Gasteiger partial charge in [0.2, 0.25) is 0 Å². The van der Waals surface area contributed by atoms with Crippen molar-refractivity contribution in [1.82, 2.24) is 5.16 Å². The normalized spacial score (nSPS) is 10.8. The van der Waals surface area contributed by atoms with Crippen LogP contribution in [0.15, 0.2) is 51.5 Å². The lowest BCUT2D eigenvalue weighted by Gasteiger charge is -2.07. The van der Waals surface area contributed by atoms with Gasteiger partial charge in [-0.05, 0) is 52.2 Å². The third kappa shape index (κ3) is 2.57. The predicted octanol–water partition coefficient (Wildman–Crippen LogP) is 5.32. The number of nitrogens with zero attached hydrogens (tertiary/aromatic N) is 1. The van der Waals surface area contributed by atoms with Crippen LogP contribution in [0.1, 0.15) is 5.56 Å². The Bertz CT molecular complexity index is 814. The van der Waals surface area contributed by atoms with E-state index in [2.05, 4.69) is 21.1 Å². The van der Waals surface area contributed by atoms with Crippen LogP contribution in [0.5, 0.6) is 0 Å². The van der Waals surface area contributed by atoms with Crippen LogP contribution in [0.3, 0.4) is 0 Å². The Morgan fingerprint density at radius 2 is 1.95 bits per heavy atom. The first-order valence-electron chi connectivity index (χ1n) is 6.34. The first-order chi connectivity index (χ1) is 10.1. The molecule has 21 heavy (non-hydrogen) atoms. The molecule has 0 aliphatic carbocycles. The molecule has 0 aliphatic rings. The maximum absolute atomic E-state index is 6.16. The van der Waals surface area contributed by atoms with E-state index in [1.165, 1.54) is 0 Å². The minimum Gasteiger partial charge on any atom is -0.380 e. The molecule has 1 aromatic heterocycles. The average molecular weight is 364 g/mol. The van der Waals surface area contributed by atoms with E-state index in [9.17, 15) is 0 Å². The second kappa shape index (κ2) is 5.54. The van der Waals surface area contributed by atoms with Gasteiger partial charge >= 0.3 is 0 Å². The van der Waals surface area contributed by atoms with E-state index < -0.39 is 0 Å². The minimum absolute atomic E-state index is 0.373. The first kappa shape index (κ1) is 14.2. The van der Waals surface area contributed by atoms with Crippen molar-refractivity contribution < 1.29 is 4.52 Å². The van der Waals surface area contributed by atoms with Crippen LogP contribution in [-0.2, 0) is 0 Å². The number of nitrogen functional groups attached to an aromatic ring is 1. The molecule has 0 aliphatic heterocycles. The number of hydrogen-bond acceptors (Lipinski definition) is 3. The fourth-order valence-corrected chi connectivity index (χ4v) is 2.68. The third-order valence-electron chi connectivity index (χ3n) is 3.31. The molecule has 0 radical (unpaired) electrons. The zero-order valence-corrected chi connectivity index (χ0v) is 13.6. The standard InChI is InChI=1S/C16H12BrClN2O/c1-9-4-2-3-5-11(9)14-15(21-20-16(14)19)10-6-7-12(17)13(18)8-10/h2-8H,1H3,(H2,19,20). The molecular formula is C16H12BrClN2O. The van der Waals surface area contributed by atoms with Gasteiger partial charge in [0.15, 0.2) is 11.6 Å². The predicted molar refractivity (Wildman–Crippen MR) is 89.2 cm³/mol. The number of benzene rings is 2. The van der Waals surface area contributed by atoms with Crippen LogP contribution < -0.4 is 5.73 Å². The summed E-state index contributed by atoms with van der Waals surface area (Å²) in [6.45, 7) is 2.03. The van der Waals surface area contributed by atoms with Crippen molar-refractivity contribution >= 4 is 33.3 Å². The van der Waals surface area contributed by atoms with Crippen LogP contribution >= 0.6 is 27.5 Å². The Balaban J connectivity index is 2.22. The second-order valence-electron chi connectivity index (χ2n) is 4.72. The molecule has 0 saturated heterocycles. The molecule has 0 saturated carbocycles. The fourth-order valence-electron chi connectivity index (χ4n) is 2.25. The molecule has 106 valence electrons. The summed E-state index contributed by atoms with van der Waals surface area (Å²) in [6, 6.07) is 13.6. The van der Waals surface area contributed by atoms with Crippen LogP contribution in [-0.4, -0.2) is 5.16 Å². The Labute approximate surface area is 135 Å². The summed E-state index contributed by atoms with van der Waals surface area (Å²) < 4.78 is 6.27. The van der Waals surface area contributed by atoms with Crippen LogP contribution in [0.25, 0.3) is 22.5 Å². The van der Waals surface area contributed by atoms with E-state index in [0.717, 1.165) is 26.7 Å². The van der Waals surface area contributed by atoms with E-state index >= 15 is 0 Å². The third-order valence-corrected chi connectivity index (χ3v) is 4.55. The maximum Gasteiger partial charge on any atom is 0.176 e. The van der Waals surface area contributed by atoms with Crippen molar-refractivity contribution in [3.05, 3.63) is 57.5 Å². The largest absolute Gasteiger partial charge is 0.380 e. The summed E-state index contributed by atoms with van der Waals surface area (Å²) in [5.41, 5.74) is 9.75. The second-order valence-corrected chi connectivity index (χ2v) is 5.98. The molecule has 0 unspecified atom stereocenters. The summed E-state index contributed by atoms with van der Waals surface area (Å²) >= 11 is 9.54. The monoisotopic (exact) mass is 362 g/mol. The molecule has 0 fully saturated rings. The van der Waals surface area contributed by atoms with Crippen LogP contribution in [0, 0.1) is 6.92 Å². The summed E-state index contributed by atoms with van der Waals surface area (Å²) in [7, 11) is 0. The van der Waals surface area contributed by atoms with Gasteiger partial charge in [0, 0.05) is 10.0 Å². The van der Waals surface area contributed by atoms with Crippen LogP contribution in [0.4, 0.5) is 5.82 Å². The van der Waals surface area contributed by atoms with Crippen molar-refractivity contribution in [2.24, 2.45) is 0 Å². The highest BCUT2D eigenvalue weighted by Gasteiger charge is 2.19. The summed E-state index contributed by atoms with van der Waals surface area (Å²) in [6.07, 6.45) is 0. The van der Waals surface area contributed by atoms with Crippen molar-refractivity contribution in [3.63, 3.8) is 0 Å². The van der Waals surface area contributed by atoms with Gasteiger partial charge in [-0.1, -0.05) is 41.0 Å². The van der Waals surface area contributed by atoms with Gasteiger partial charge in [-0.25, -0.2) is 0 Å². The van der Waals surface area contributed by atoms with Gasteiger partial charge in [0.05, 0.1) is 10.6 Å². The quantitative estimate of drug-likeness (QED) is 0.671. The molecule has 0 atom stereocenters. The SMILES string of the molecule is Cc1ccccc1-c1c(N)noc1-c1ccc(Br)c(Cl)c1. The number of aromatic nitrogens is 1. The van der Waals surface area contributed by atoms with Gasteiger partial charge in [-0.3, -0.25) is 0 Å². The Kier molecular flexibility index (Phi) is 3.74. The van der Waals surface area contributed by atoms with Crippen LogP contribution in [0.2, 0.25) is 5.02 Å². The molecule has 3 rings (SSSR count). The fraction of sp³-hybridized carbons (Fsp3) is 0.0625. The van der Waals surface area contributed by atoms with Gasteiger partial charge in [0.25, 0.3) is 0 Å². The maximum atomic E-state index is 6.16. The molecule has 2 aromatic carbocycles. The van der Waals surface area contributed by atoms with Crippen molar-refractivity contribution in [1.29, 1.82) is 0 Å². The number of nitrogens with two attached hydrogens (primary N) is 1. The van der Waals surface area contributed by atoms with E-state index in [0.29, 0.717) is 16.6 Å². The number of hydrogen-bond donors (Lipinski definition) is 1. The highest BCUT2D eigenvalue weighted by Crippen LogP contribution is 2.39. The first-order valence-corrected chi connectivity index (χ1v) is 7.51. The van der Waals surface area contributed by atoms with Gasteiger partial charge < -0.3 is 10.3 Å². The molecule has 0 amide bonds. The average Bonchev–Trinajstić information content (AvgIpc) is 2.84. The van der Waals surface area contributed by atoms with Crippen molar-refractivity contribution in [2.75, 3.05) is 5.73 Å². The Morgan fingerprint density at radius 3 is 2.67 bits per heavy atom. The van der Waals surface area contributed by atoms with Crippen molar-refractivity contribution in [2.45, 2.75) is 6.92 Å². The Hall–Kier alpha value is -1.78. The highest BCUT2D eigenvalue weighted by molar-refractivity contribution is 9.10. The molecule has 3 aromatic rings.